The Morgan fingerprint density at radius 1 is 1.18 bits per heavy atom. The number of carbonyl (C=O) groups excluding carboxylic acids is 1. The molecule has 1 N–H and O–H groups in total. The number of allylic oxidation sites excluding steroid dienone is 1. The predicted octanol–water partition coefficient (Wildman–Crippen LogP) is 3.78. The minimum atomic E-state index is -0.354. The largest absolute Gasteiger partial charge is 0.496 e. The summed E-state index contributed by atoms with van der Waals surface area (Å²) in [4.78, 5) is 11.8. The zero-order chi connectivity index (χ0) is 15.8. The average molecular weight is 315 g/mol. The van der Waals surface area contributed by atoms with Crippen molar-refractivity contribution in [1.29, 1.82) is 0 Å². The first kappa shape index (κ1) is 15.8. The van der Waals surface area contributed by atoms with E-state index in [9.17, 15) is 4.79 Å². The Labute approximate surface area is 134 Å². The van der Waals surface area contributed by atoms with E-state index in [0.717, 1.165) is 11.3 Å². The number of ether oxygens (including phenoxy) is 1. The third kappa shape index (κ3) is 4.20. The van der Waals surface area contributed by atoms with Crippen LogP contribution in [0.15, 0.2) is 59.7 Å². The topological polar surface area (TPSA) is 50.7 Å². The Hall–Kier alpha value is -2.59. The molecule has 22 heavy (non-hydrogen) atoms. The highest BCUT2D eigenvalue weighted by atomic mass is 35.5. The molecule has 0 fully saturated rings. The van der Waals surface area contributed by atoms with E-state index < -0.39 is 0 Å². The van der Waals surface area contributed by atoms with Crippen LogP contribution in [0.1, 0.15) is 15.9 Å². The van der Waals surface area contributed by atoms with Gasteiger partial charge in [0, 0.05) is 11.8 Å². The fourth-order valence-corrected chi connectivity index (χ4v) is 2.02. The van der Waals surface area contributed by atoms with E-state index in [4.69, 9.17) is 16.3 Å². The van der Waals surface area contributed by atoms with Crippen molar-refractivity contribution in [2.24, 2.45) is 5.10 Å². The molecule has 0 radical (unpaired) electrons. The Balaban J connectivity index is 1.95. The second-order valence-corrected chi connectivity index (χ2v) is 4.71. The van der Waals surface area contributed by atoms with Gasteiger partial charge < -0.3 is 4.74 Å². The number of hydrogen-bond donors (Lipinski definition) is 1. The number of methoxy groups -OCH3 is 1. The van der Waals surface area contributed by atoms with Crippen LogP contribution >= 0.6 is 11.6 Å². The van der Waals surface area contributed by atoms with Crippen LogP contribution in [0, 0.1) is 0 Å². The van der Waals surface area contributed by atoms with Crippen molar-refractivity contribution in [1.82, 2.24) is 5.43 Å². The third-order valence-electron chi connectivity index (χ3n) is 2.86. The number of rotatable bonds is 5. The zero-order valence-electron chi connectivity index (χ0n) is 12.0. The van der Waals surface area contributed by atoms with Crippen LogP contribution in [0.4, 0.5) is 0 Å². The van der Waals surface area contributed by atoms with E-state index in [1.165, 1.54) is 6.21 Å². The number of benzene rings is 2. The summed E-state index contributed by atoms with van der Waals surface area (Å²) in [5.41, 5.74) is 3.73. The highest BCUT2D eigenvalue weighted by Crippen LogP contribution is 2.18. The lowest BCUT2D eigenvalue weighted by Gasteiger charge is -2.02. The molecule has 0 spiro atoms. The van der Waals surface area contributed by atoms with E-state index in [1.807, 2.05) is 30.3 Å². The first-order valence-corrected chi connectivity index (χ1v) is 6.98. The smallest absolute Gasteiger partial charge is 0.272 e. The first-order chi connectivity index (χ1) is 10.7. The second kappa shape index (κ2) is 8.00. The van der Waals surface area contributed by atoms with Gasteiger partial charge in [-0.1, -0.05) is 41.9 Å². The number of nitrogens with zero attached hydrogens (tertiary/aromatic N) is 1. The molecule has 112 valence electrons. The second-order valence-electron chi connectivity index (χ2n) is 4.30. The van der Waals surface area contributed by atoms with Crippen molar-refractivity contribution in [3.05, 3.63) is 70.8 Å². The van der Waals surface area contributed by atoms with Gasteiger partial charge in [0.15, 0.2) is 0 Å². The lowest BCUT2D eigenvalue weighted by atomic mass is 10.2. The Bertz CT molecular complexity index is 711. The first-order valence-electron chi connectivity index (χ1n) is 6.60. The fraction of sp³-hybridized carbons (Fsp3) is 0.0588. The van der Waals surface area contributed by atoms with Crippen LogP contribution in [0.2, 0.25) is 5.02 Å². The minimum Gasteiger partial charge on any atom is -0.496 e. The van der Waals surface area contributed by atoms with Gasteiger partial charge in [-0.05, 0) is 30.4 Å². The van der Waals surface area contributed by atoms with Crippen LogP contribution < -0.4 is 10.2 Å². The van der Waals surface area contributed by atoms with Gasteiger partial charge in [0.1, 0.15) is 5.75 Å². The van der Waals surface area contributed by atoms with Gasteiger partial charge in [-0.3, -0.25) is 4.79 Å². The van der Waals surface area contributed by atoms with Crippen molar-refractivity contribution in [2.75, 3.05) is 7.11 Å². The van der Waals surface area contributed by atoms with Crippen molar-refractivity contribution in [3.63, 3.8) is 0 Å². The number of para-hydroxylation sites is 1. The van der Waals surface area contributed by atoms with Crippen molar-refractivity contribution < 1.29 is 9.53 Å². The molecule has 2 rings (SSSR count). The summed E-state index contributed by atoms with van der Waals surface area (Å²) in [5.74, 6) is 0.416. The highest BCUT2D eigenvalue weighted by molar-refractivity contribution is 6.33. The molecule has 0 aliphatic heterocycles. The summed E-state index contributed by atoms with van der Waals surface area (Å²) < 4.78 is 5.23. The maximum absolute atomic E-state index is 11.8. The quantitative estimate of drug-likeness (QED) is 0.674. The number of hydrazone groups is 1. The van der Waals surface area contributed by atoms with E-state index in [2.05, 4.69) is 10.5 Å². The minimum absolute atomic E-state index is 0.354. The van der Waals surface area contributed by atoms with Gasteiger partial charge in [-0.2, -0.15) is 5.10 Å². The van der Waals surface area contributed by atoms with Crippen molar-refractivity contribution in [3.8, 4) is 5.75 Å². The van der Waals surface area contributed by atoms with Crippen LogP contribution in [0.3, 0.4) is 0 Å². The molecule has 2 aromatic rings. The number of amides is 1. The monoisotopic (exact) mass is 314 g/mol. The fourth-order valence-electron chi connectivity index (χ4n) is 1.80. The molecular weight excluding hydrogens is 300 g/mol. The van der Waals surface area contributed by atoms with Gasteiger partial charge in [0.2, 0.25) is 0 Å². The van der Waals surface area contributed by atoms with E-state index in [-0.39, 0.29) is 5.91 Å². The maximum atomic E-state index is 11.8. The molecule has 0 unspecified atom stereocenters. The molecule has 0 aromatic heterocycles. The van der Waals surface area contributed by atoms with Gasteiger partial charge in [-0.25, -0.2) is 5.43 Å². The maximum Gasteiger partial charge on any atom is 0.272 e. The van der Waals surface area contributed by atoms with Crippen molar-refractivity contribution >= 4 is 29.8 Å². The molecule has 0 aliphatic rings. The highest BCUT2D eigenvalue weighted by Gasteiger charge is 2.07. The zero-order valence-corrected chi connectivity index (χ0v) is 12.7. The molecule has 0 bridgehead atoms. The Morgan fingerprint density at radius 3 is 2.68 bits per heavy atom. The third-order valence-corrected chi connectivity index (χ3v) is 3.19. The Morgan fingerprint density at radius 2 is 1.91 bits per heavy atom. The van der Waals surface area contributed by atoms with Gasteiger partial charge in [0.25, 0.3) is 5.91 Å². The van der Waals surface area contributed by atoms with Crippen molar-refractivity contribution in [2.45, 2.75) is 0 Å². The molecule has 1 amide bonds. The molecule has 0 saturated carbocycles. The number of hydrogen-bond acceptors (Lipinski definition) is 3. The molecule has 2 aromatic carbocycles. The standard InChI is InChI=1S/C17H15ClN2O2/c1-22-16-11-5-2-7-13(16)8-6-12-19-20-17(21)14-9-3-4-10-15(14)18/h2-12H,1H3,(H,20,21)/b8-6+,19-12-. The van der Waals surface area contributed by atoms with Gasteiger partial charge in [0.05, 0.1) is 17.7 Å². The average Bonchev–Trinajstić information content (AvgIpc) is 2.55. The molecule has 0 atom stereocenters. The predicted molar refractivity (Wildman–Crippen MR) is 89.4 cm³/mol. The van der Waals surface area contributed by atoms with E-state index >= 15 is 0 Å². The molecular formula is C17H15ClN2O2. The summed E-state index contributed by atoms with van der Waals surface area (Å²) in [5, 5.41) is 4.24. The lowest BCUT2D eigenvalue weighted by molar-refractivity contribution is 0.0955. The normalized spacial score (nSPS) is 11.0. The van der Waals surface area contributed by atoms with Crippen LogP contribution in [-0.2, 0) is 0 Å². The lowest BCUT2D eigenvalue weighted by Crippen LogP contribution is -2.17. The van der Waals surface area contributed by atoms with Gasteiger partial charge in [-0.15, -0.1) is 0 Å². The summed E-state index contributed by atoms with van der Waals surface area (Å²) in [6.45, 7) is 0. The summed E-state index contributed by atoms with van der Waals surface area (Å²) >= 11 is 5.93. The van der Waals surface area contributed by atoms with E-state index in [0.29, 0.717) is 10.6 Å². The van der Waals surface area contributed by atoms with E-state index in [1.54, 1.807) is 37.5 Å². The summed E-state index contributed by atoms with van der Waals surface area (Å²) in [7, 11) is 1.62. The van der Waals surface area contributed by atoms with Crippen LogP contribution in [-0.4, -0.2) is 19.2 Å². The molecule has 0 heterocycles. The number of halogens is 1. The Kier molecular flexibility index (Phi) is 5.74. The number of carbonyl (C=O) groups is 1. The molecule has 0 aliphatic carbocycles. The van der Waals surface area contributed by atoms with Gasteiger partial charge >= 0.3 is 0 Å². The summed E-state index contributed by atoms with van der Waals surface area (Å²) in [6, 6.07) is 14.4. The summed E-state index contributed by atoms with van der Waals surface area (Å²) in [6.07, 6.45) is 5.04. The SMILES string of the molecule is COc1ccccc1/C=C/C=N\NC(=O)c1ccccc1Cl. The number of nitrogens with one attached hydrogen (secondary N) is 1. The molecule has 5 heteroatoms. The molecule has 4 nitrogen and oxygen atoms in total. The molecule has 0 saturated heterocycles. The van der Waals surface area contributed by atoms with Crippen LogP contribution in [0.25, 0.3) is 6.08 Å². The van der Waals surface area contributed by atoms with Crippen LogP contribution in [0.5, 0.6) is 5.75 Å².